The van der Waals surface area contributed by atoms with Gasteiger partial charge in [0.15, 0.2) is 0 Å². The zero-order valence-electron chi connectivity index (χ0n) is 24.7. The fourth-order valence-corrected chi connectivity index (χ4v) is 4.68. The monoisotopic (exact) mass is 624 g/mol. The third kappa shape index (κ3) is 7.44. The maximum atomic E-state index is 10.5. The van der Waals surface area contributed by atoms with Crippen molar-refractivity contribution in [3.8, 4) is 11.5 Å². The van der Waals surface area contributed by atoms with Crippen LogP contribution in [0.5, 0.6) is 11.5 Å². The molecule has 9 heteroatoms. The van der Waals surface area contributed by atoms with Gasteiger partial charge in [-0.05, 0) is 42.0 Å². The molecule has 0 unspecified atom stereocenters. The molecular formula is C37H27F3O6. The summed E-state index contributed by atoms with van der Waals surface area (Å²) in [4.78, 5) is 8.78. The predicted molar refractivity (Wildman–Crippen MR) is 169 cm³/mol. The molecule has 46 heavy (non-hydrogen) atoms. The van der Waals surface area contributed by atoms with Gasteiger partial charge in [-0.2, -0.15) is 13.2 Å². The number of carbonyl (C=O) groups excluding carboxylic acids is 1. The number of carboxylic acids is 1. The normalized spacial score (nSPS) is 12.9. The summed E-state index contributed by atoms with van der Waals surface area (Å²) in [6, 6.07) is 32.1. The summed E-state index contributed by atoms with van der Waals surface area (Å²) in [6.07, 6.45) is 5.23. The number of alkyl halides is 3. The molecule has 0 spiro atoms. The molecule has 4 aromatic carbocycles. The summed E-state index contributed by atoms with van der Waals surface area (Å²) in [6.45, 7) is 0. The number of carbonyl (C=O) groups is 1. The Balaban J connectivity index is 0.000000537. The standard InChI is InChI=1S/C35H27O4.C2HF3O2/c1-36-27-16-18-30-29(31-19-17-28(37-2)23-35(31)39-34(30)22-27)15-9-10-24-20-32(25-11-5-3-6-12-25)38-33(21-24)26-13-7-4-8-14-26;3-2(4,5)1(6)7/h3-23H,1-2H3;(H,6,7)/q+1;/p-1. The Hall–Kier alpha value is -5.83. The highest BCUT2D eigenvalue weighted by molar-refractivity contribution is 6.01. The van der Waals surface area contributed by atoms with Crippen LogP contribution in [0.4, 0.5) is 13.2 Å². The quantitative estimate of drug-likeness (QED) is 0.140. The summed E-state index contributed by atoms with van der Waals surface area (Å²) in [5.41, 5.74) is 5.63. The van der Waals surface area contributed by atoms with Crippen molar-refractivity contribution < 1.29 is 41.7 Å². The Morgan fingerprint density at radius 2 is 1.22 bits per heavy atom. The number of aliphatic carboxylic acids is 1. The van der Waals surface area contributed by atoms with E-state index in [1.807, 2.05) is 72.8 Å². The number of carboxylic acid groups (broad SMARTS) is 1. The van der Waals surface area contributed by atoms with Gasteiger partial charge in [-0.3, -0.25) is 0 Å². The van der Waals surface area contributed by atoms with Crippen molar-refractivity contribution in [1.82, 2.24) is 0 Å². The van der Waals surface area contributed by atoms with E-state index in [1.165, 1.54) is 0 Å². The molecule has 0 radical (unpaired) electrons. The third-order valence-corrected chi connectivity index (χ3v) is 6.89. The van der Waals surface area contributed by atoms with Crippen molar-refractivity contribution in [2.75, 3.05) is 14.2 Å². The molecule has 6 nitrogen and oxygen atoms in total. The highest BCUT2D eigenvalue weighted by Gasteiger charge is 2.28. The zero-order valence-corrected chi connectivity index (χ0v) is 24.7. The lowest BCUT2D eigenvalue weighted by Crippen LogP contribution is -2.37. The van der Waals surface area contributed by atoms with Crippen LogP contribution < -0.4 is 14.6 Å². The maximum absolute atomic E-state index is 10.5. The van der Waals surface area contributed by atoms with Crippen molar-refractivity contribution >= 4 is 45.5 Å². The number of hydrogen-bond acceptors (Lipinski definition) is 5. The first-order chi connectivity index (χ1) is 22.2. The smallest absolute Gasteiger partial charge is 0.430 e. The molecule has 0 bridgehead atoms. The van der Waals surface area contributed by atoms with Crippen LogP contribution in [0.1, 0.15) is 16.7 Å². The zero-order chi connectivity index (χ0) is 32.7. The second-order valence-electron chi connectivity index (χ2n) is 9.90. The Morgan fingerprint density at radius 1 is 0.761 bits per heavy atom. The molecule has 2 heterocycles. The minimum Gasteiger partial charge on any atom is -0.542 e. The number of rotatable bonds is 6. The van der Waals surface area contributed by atoms with Crippen LogP contribution in [0.25, 0.3) is 39.5 Å². The summed E-state index contributed by atoms with van der Waals surface area (Å²) in [7, 11) is 3.31. The van der Waals surface area contributed by atoms with Crippen LogP contribution in [-0.4, -0.2) is 26.4 Å². The molecule has 0 atom stereocenters. The van der Waals surface area contributed by atoms with Crippen molar-refractivity contribution in [3.63, 3.8) is 0 Å². The van der Waals surface area contributed by atoms with E-state index in [0.717, 1.165) is 67.2 Å². The second-order valence-corrected chi connectivity index (χ2v) is 9.90. The van der Waals surface area contributed by atoms with E-state index in [9.17, 15) is 13.2 Å². The van der Waals surface area contributed by atoms with Gasteiger partial charge < -0.3 is 24.1 Å². The molecule has 232 valence electrons. The minimum atomic E-state index is -5.19. The predicted octanol–water partition coefficient (Wildman–Crippen LogP) is 8.23. The average molecular weight is 625 g/mol. The lowest BCUT2D eigenvalue weighted by molar-refractivity contribution is -0.344. The van der Waals surface area contributed by atoms with Crippen molar-refractivity contribution in [2.24, 2.45) is 0 Å². The molecule has 1 aliphatic heterocycles. The van der Waals surface area contributed by atoms with Crippen molar-refractivity contribution in [1.29, 1.82) is 0 Å². The van der Waals surface area contributed by atoms with E-state index in [1.54, 1.807) is 14.2 Å². The largest absolute Gasteiger partial charge is 0.542 e. The van der Waals surface area contributed by atoms with E-state index in [2.05, 4.69) is 54.6 Å². The average Bonchev–Trinajstić information content (AvgIpc) is 3.08. The SMILES string of the molecule is COc1ccc2c(/C=C/C=C3C=C(c4ccccc4)OC(c4ccccc4)=C3)c3ccc(OC)cc3[o+]c2c1.O=C([O-])C(F)(F)F. The first-order valence-electron chi connectivity index (χ1n) is 14.0. The lowest BCUT2D eigenvalue weighted by Gasteiger charge is -2.18. The fraction of sp³-hybridized carbons (Fsp3) is 0.0811. The molecule has 0 fully saturated rings. The van der Waals surface area contributed by atoms with Gasteiger partial charge in [0.1, 0.15) is 29.0 Å². The number of fused-ring (bicyclic) bond motifs is 2. The first-order valence-corrected chi connectivity index (χ1v) is 14.0. The number of hydrogen-bond donors (Lipinski definition) is 0. The number of methoxy groups -OCH3 is 2. The highest BCUT2D eigenvalue weighted by atomic mass is 19.4. The van der Waals surface area contributed by atoms with Crippen LogP contribution in [-0.2, 0) is 9.53 Å². The van der Waals surface area contributed by atoms with Crippen molar-refractivity contribution in [2.45, 2.75) is 6.18 Å². The summed E-state index contributed by atoms with van der Waals surface area (Å²) in [5.74, 6) is 0.0951. The summed E-state index contributed by atoms with van der Waals surface area (Å²) in [5, 5.41) is 10.8. The maximum Gasteiger partial charge on any atom is 0.430 e. The Labute approximate surface area is 262 Å². The van der Waals surface area contributed by atoms with Crippen molar-refractivity contribution in [3.05, 3.63) is 144 Å². The minimum absolute atomic E-state index is 0.741. The molecule has 1 aromatic heterocycles. The molecular weight excluding hydrogens is 597 g/mol. The molecule has 0 aliphatic carbocycles. The van der Waals surface area contributed by atoms with Gasteiger partial charge in [-0.25, -0.2) is 4.42 Å². The Kier molecular flexibility index (Phi) is 9.52. The molecule has 0 N–H and O–H groups in total. The molecule has 0 saturated heterocycles. The van der Waals surface area contributed by atoms with E-state index in [4.69, 9.17) is 28.5 Å². The van der Waals surface area contributed by atoms with Gasteiger partial charge in [-0.1, -0.05) is 78.9 Å². The lowest BCUT2D eigenvalue weighted by atomic mass is 10.0. The number of halogens is 3. The first kappa shape index (κ1) is 31.6. The Bertz CT molecular complexity index is 1870. The van der Waals surface area contributed by atoms with Gasteiger partial charge in [0, 0.05) is 16.7 Å². The number of allylic oxidation sites excluding steroid dienone is 5. The van der Waals surface area contributed by atoms with Gasteiger partial charge >= 0.3 is 17.3 Å². The summed E-state index contributed by atoms with van der Waals surface area (Å²) >= 11 is 0. The molecule has 6 rings (SSSR count). The Morgan fingerprint density at radius 3 is 1.63 bits per heavy atom. The fourth-order valence-electron chi connectivity index (χ4n) is 4.68. The van der Waals surface area contributed by atoms with Crippen LogP contribution in [0, 0.1) is 0 Å². The summed E-state index contributed by atoms with van der Waals surface area (Å²) < 4.78 is 55.0. The topological polar surface area (TPSA) is 79.1 Å². The second kappa shape index (κ2) is 13.9. The van der Waals surface area contributed by atoms with Crippen LogP contribution in [0.2, 0.25) is 0 Å². The molecule has 0 amide bonds. The van der Waals surface area contributed by atoms with E-state index in [-0.39, 0.29) is 0 Å². The van der Waals surface area contributed by atoms with Crippen LogP contribution in [0.15, 0.2) is 131 Å². The van der Waals surface area contributed by atoms with Crippen LogP contribution >= 0.6 is 0 Å². The van der Waals surface area contributed by atoms with Gasteiger partial charge in [0.2, 0.25) is 0 Å². The van der Waals surface area contributed by atoms with E-state index in [0.29, 0.717) is 0 Å². The van der Waals surface area contributed by atoms with Gasteiger partial charge in [-0.15, -0.1) is 0 Å². The number of benzene rings is 4. The molecule has 0 saturated carbocycles. The third-order valence-electron chi connectivity index (χ3n) is 6.89. The van der Waals surface area contributed by atoms with E-state index >= 15 is 0 Å². The molecule has 5 aromatic rings. The number of ether oxygens (including phenoxy) is 3. The van der Waals surface area contributed by atoms with Gasteiger partial charge in [0.05, 0.1) is 37.1 Å². The molecule has 1 aliphatic rings. The highest BCUT2D eigenvalue weighted by Crippen LogP contribution is 2.35. The van der Waals surface area contributed by atoms with Crippen LogP contribution in [0.3, 0.4) is 0 Å². The van der Waals surface area contributed by atoms with E-state index < -0.39 is 12.1 Å². The van der Waals surface area contributed by atoms with Gasteiger partial charge in [0.25, 0.3) is 0 Å².